The molecule has 0 spiro atoms. The van der Waals surface area contributed by atoms with Crippen LogP contribution in [-0.2, 0) is 9.53 Å². The van der Waals surface area contributed by atoms with E-state index >= 15 is 0 Å². The van der Waals surface area contributed by atoms with Crippen molar-refractivity contribution in [3.63, 3.8) is 0 Å². The van der Waals surface area contributed by atoms with Crippen LogP contribution in [-0.4, -0.2) is 63.1 Å². The summed E-state index contributed by atoms with van der Waals surface area (Å²) in [5, 5.41) is 7.29. The highest BCUT2D eigenvalue weighted by molar-refractivity contribution is 6.30. The highest BCUT2D eigenvalue weighted by atomic mass is 35.5. The zero-order chi connectivity index (χ0) is 21.8. The average Bonchev–Trinajstić information content (AvgIpc) is 2.79. The molecule has 0 amide bonds. The lowest BCUT2D eigenvalue weighted by Gasteiger charge is -2.34. The molecule has 0 saturated carbocycles. The number of carbonyl (C=O) groups excluding carboxylic acids is 1. The predicted molar refractivity (Wildman–Crippen MR) is 120 cm³/mol. The molecule has 3 aromatic rings. The van der Waals surface area contributed by atoms with Gasteiger partial charge in [0.1, 0.15) is 23.4 Å². The summed E-state index contributed by atoms with van der Waals surface area (Å²) in [5.41, 5.74) is 2.08. The molecular formula is C21H24ClN7O2. The number of nitrogens with zero attached hydrogens (tertiary/aromatic N) is 5. The Balaban J connectivity index is 1.46. The predicted octanol–water partition coefficient (Wildman–Crippen LogP) is 3.25. The van der Waals surface area contributed by atoms with E-state index in [-0.39, 0.29) is 18.1 Å². The number of piperidine rings is 1. The number of nitrogens with one attached hydrogen (secondary N) is 2. The van der Waals surface area contributed by atoms with Gasteiger partial charge in [-0.05, 0) is 38.0 Å². The van der Waals surface area contributed by atoms with Gasteiger partial charge >= 0.3 is 5.97 Å². The molecule has 1 aliphatic heterocycles. The Kier molecular flexibility index (Phi) is 6.43. The van der Waals surface area contributed by atoms with E-state index in [1.54, 1.807) is 6.20 Å². The number of rotatable bonds is 6. The lowest BCUT2D eigenvalue weighted by molar-refractivity contribution is -0.146. The van der Waals surface area contributed by atoms with Crippen molar-refractivity contribution in [2.45, 2.75) is 31.8 Å². The number of hydrogen-bond acceptors (Lipinski definition) is 9. The summed E-state index contributed by atoms with van der Waals surface area (Å²) in [6.45, 7) is 3.47. The molecule has 1 atom stereocenters. The number of esters is 1. The first-order valence-electron chi connectivity index (χ1n) is 10.1. The van der Waals surface area contributed by atoms with Crippen LogP contribution in [0.5, 0.6) is 0 Å². The highest BCUT2D eigenvalue weighted by Crippen LogP contribution is 2.24. The first kappa shape index (κ1) is 21.2. The van der Waals surface area contributed by atoms with Crippen LogP contribution in [0.25, 0.3) is 11.0 Å². The molecule has 10 heteroatoms. The summed E-state index contributed by atoms with van der Waals surface area (Å²) in [6, 6.07) is 7.38. The van der Waals surface area contributed by atoms with E-state index in [1.807, 2.05) is 31.2 Å². The van der Waals surface area contributed by atoms with Crippen LogP contribution in [0, 0.1) is 0 Å². The number of hydrogen-bond donors (Lipinski definition) is 2. The zero-order valence-electron chi connectivity index (χ0n) is 17.4. The van der Waals surface area contributed by atoms with Crippen molar-refractivity contribution in [1.82, 2.24) is 24.8 Å². The second kappa shape index (κ2) is 9.40. The summed E-state index contributed by atoms with van der Waals surface area (Å²) < 4.78 is 4.85. The van der Waals surface area contributed by atoms with E-state index in [9.17, 15) is 4.79 Å². The maximum Gasteiger partial charge on any atom is 0.322 e. The number of carbonyl (C=O) groups is 1. The van der Waals surface area contributed by atoms with E-state index in [1.165, 1.54) is 13.4 Å². The molecule has 2 N–H and O–H groups in total. The van der Waals surface area contributed by atoms with Crippen LogP contribution in [0.3, 0.4) is 0 Å². The SMILES string of the molecule is COC(=O)C(C)N1CCC(Nc2ncc3ncnc(Nc4cccc(Cl)c4)c3n2)CC1. The molecule has 1 unspecified atom stereocenters. The smallest absolute Gasteiger partial charge is 0.322 e. The number of anilines is 3. The maximum atomic E-state index is 11.8. The normalized spacial score (nSPS) is 16.1. The van der Waals surface area contributed by atoms with E-state index in [2.05, 4.69) is 35.5 Å². The molecule has 3 heterocycles. The van der Waals surface area contributed by atoms with Gasteiger partial charge in [0.05, 0.1) is 13.3 Å². The number of methoxy groups -OCH3 is 1. The van der Waals surface area contributed by atoms with Gasteiger partial charge in [-0.2, -0.15) is 0 Å². The summed E-state index contributed by atoms with van der Waals surface area (Å²) in [6.07, 6.45) is 4.91. The van der Waals surface area contributed by atoms with Crippen LogP contribution in [0.15, 0.2) is 36.8 Å². The summed E-state index contributed by atoms with van der Waals surface area (Å²) >= 11 is 6.08. The van der Waals surface area contributed by atoms with Crippen LogP contribution < -0.4 is 10.6 Å². The van der Waals surface area contributed by atoms with Gasteiger partial charge in [-0.15, -0.1) is 0 Å². The number of halogens is 1. The first-order valence-corrected chi connectivity index (χ1v) is 10.5. The Morgan fingerprint density at radius 3 is 2.81 bits per heavy atom. The minimum atomic E-state index is -0.236. The monoisotopic (exact) mass is 441 g/mol. The van der Waals surface area contributed by atoms with Crippen molar-refractivity contribution in [2.24, 2.45) is 0 Å². The molecule has 1 aromatic carbocycles. The van der Waals surface area contributed by atoms with E-state index in [0.717, 1.165) is 31.6 Å². The van der Waals surface area contributed by atoms with Crippen LogP contribution in [0.4, 0.5) is 17.5 Å². The molecule has 0 bridgehead atoms. The highest BCUT2D eigenvalue weighted by Gasteiger charge is 2.27. The van der Waals surface area contributed by atoms with Gasteiger partial charge in [0.15, 0.2) is 5.82 Å². The number of likely N-dealkylation sites (tertiary alicyclic amines) is 1. The Labute approximate surface area is 185 Å². The molecule has 2 aromatic heterocycles. The fourth-order valence-corrected chi connectivity index (χ4v) is 3.84. The lowest BCUT2D eigenvalue weighted by atomic mass is 10.0. The van der Waals surface area contributed by atoms with Crippen molar-refractivity contribution < 1.29 is 9.53 Å². The van der Waals surface area contributed by atoms with Gasteiger partial charge in [-0.25, -0.2) is 19.9 Å². The molecule has 4 rings (SSSR count). The third-order valence-corrected chi connectivity index (χ3v) is 5.65. The molecule has 1 saturated heterocycles. The van der Waals surface area contributed by atoms with Gasteiger partial charge in [-0.3, -0.25) is 9.69 Å². The van der Waals surface area contributed by atoms with Crippen molar-refractivity contribution in [2.75, 3.05) is 30.8 Å². The standard InChI is InChI=1S/C21H24ClN7O2/c1-13(20(30)31-2)29-8-6-15(7-9-29)27-21-23-11-17-18(28-21)19(25-12-24-17)26-16-5-3-4-14(22)10-16/h3-5,10-13,15H,6-9H2,1-2H3,(H,23,27,28)(H,24,25,26). The molecule has 0 radical (unpaired) electrons. The maximum absolute atomic E-state index is 11.8. The molecular weight excluding hydrogens is 418 g/mol. The Hall–Kier alpha value is -3.04. The summed E-state index contributed by atoms with van der Waals surface area (Å²) in [4.78, 5) is 31.6. The van der Waals surface area contributed by atoms with Crippen LogP contribution in [0.2, 0.25) is 5.02 Å². The molecule has 0 aliphatic carbocycles. The third-order valence-electron chi connectivity index (χ3n) is 5.42. The van der Waals surface area contributed by atoms with E-state index in [4.69, 9.17) is 16.3 Å². The second-order valence-corrected chi connectivity index (χ2v) is 7.88. The Bertz CT molecular complexity index is 1070. The van der Waals surface area contributed by atoms with Crippen molar-refractivity contribution >= 4 is 46.1 Å². The third kappa shape index (κ3) is 5.00. The topological polar surface area (TPSA) is 105 Å². The molecule has 1 aliphatic rings. The lowest BCUT2D eigenvalue weighted by Crippen LogP contribution is -2.47. The summed E-state index contributed by atoms with van der Waals surface area (Å²) in [7, 11) is 1.42. The average molecular weight is 442 g/mol. The molecule has 1 fully saturated rings. The van der Waals surface area contributed by atoms with Gasteiger partial charge in [0, 0.05) is 29.8 Å². The van der Waals surface area contributed by atoms with Gasteiger partial charge in [-0.1, -0.05) is 17.7 Å². The zero-order valence-corrected chi connectivity index (χ0v) is 18.1. The molecule has 162 valence electrons. The molecule has 9 nitrogen and oxygen atoms in total. The largest absolute Gasteiger partial charge is 0.468 e. The molecule has 31 heavy (non-hydrogen) atoms. The Morgan fingerprint density at radius 2 is 2.06 bits per heavy atom. The fraction of sp³-hybridized carbons (Fsp3) is 0.381. The quantitative estimate of drug-likeness (QED) is 0.557. The van der Waals surface area contributed by atoms with Crippen LogP contribution in [0.1, 0.15) is 19.8 Å². The second-order valence-electron chi connectivity index (χ2n) is 7.44. The van der Waals surface area contributed by atoms with E-state index < -0.39 is 0 Å². The number of fused-ring (bicyclic) bond motifs is 1. The van der Waals surface area contributed by atoms with Crippen LogP contribution >= 0.6 is 11.6 Å². The Morgan fingerprint density at radius 1 is 1.26 bits per heavy atom. The van der Waals surface area contributed by atoms with Crippen molar-refractivity contribution in [3.05, 3.63) is 41.8 Å². The van der Waals surface area contributed by atoms with Gasteiger partial charge < -0.3 is 15.4 Å². The summed E-state index contributed by atoms with van der Waals surface area (Å²) in [5.74, 6) is 0.902. The number of benzene rings is 1. The van der Waals surface area contributed by atoms with Crippen molar-refractivity contribution in [1.29, 1.82) is 0 Å². The van der Waals surface area contributed by atoms with Crippen molar-refractivity contribution in [3.8, 4) is 0 Å². The first-order chi connectivity index (χ1) is 15.0. The van der Waals surface area contributed by atoms with Gasteiger partial charge in [0.25, 0.3) is 0 Å². The minimum Gasteiger partial charge on any atom is -0.468 e. The number of aromatic nitrogens is 4. The number of ether oxygens (including phenoxy) is 1. The minimum absolute atomic E-state index is 0.205. The van der Waals surface area contributed by atoms with Gasteiger partial charge in [0.2, 0.25) is 5.95 Å². The van der Waals surface area contributed by atoms with E-state index in [0.29, 0.717) is 27.8 Å². The fourth-order valence-electron chi connectivity index (χ4n) is 3.65.